The number of ether oxygens (including phenoxy) is 1. The van der Waals surface area contributed by atoms with Crippen LogP contribution in [-0.2, 0) is 9.84 Å². The van der Waals surface area contributed by atoms with Gasteiger partial charge < -0.3 is 15.3 Å². The summed E-state index contributed by atoms with van der Waals surface area (Å²) >= 11 is 0. The Labute approximate surface area is 157 Å². The van der Waals surface area contributed by atoms with Gasteiger partial charge in [-0.3, -0.25) is 4.79 Å². The smallest absolute Gasteiger partial charge is 0.324 e. The van der Waals surface area contributed by atoms with Crippen molar-refractivity contribution < 1.29 is 22.7 Å². The maximum Gasteiger partial charge on any atom is 0.324 e. The Morgan fingerprint density at radius 2 is 1.96 bits per heavy atom. The zero-order valence-corrected chi connectivity index (χ0v) is 16.0. The summed E-state index contributed by atoms with van der Waals surface area (Å²) in [5, 5.41) is 16.1. The van der Waals surface area contributed by atoms with E-state index in [4.69, 9.17) is 4.74 Å². The molecule has 1 aromatic carbocycles. The van der Waals surface area contributed by atoms with E-state index >= 15 is 0 Å². The van der Waals surface area contributed by atoms with Crippen molar-refractivity contribution in [1.29, 1.82) is 0 Å². The van der Waals surface area contributed by atoms with Crippen LogP contribution < -0.4 is 14.8 Å². The fraction of sp³-hybridized carbons (Fsp3) is 0.263. The third kappa shape index (κ3) is 3.95. The molecular weight excluding hydrogens is 368 g/mol. The Morgan fingerprint density at radius 1 is 1.22 bits per heavy atom. The van der Waals surface area contributed by atoms with Gasteiger partial charge in [0.15, 0.2) is 21.8 Å². The third-order valence-electron chi connectivity index (χ3n) is 4.52. The van der Waals surface area contributed by atoms with E-state index in [9.17, 15) is 18.4 Å². The van der Waals surface area contributed by atoms with Gasteiger partial charge in [0, 0.05) is 11.5 Å². The molecule has 1 aliphatic rings. The molecule has 142 valence electrons. The number of carbonyl (C=O) groups is 1. The summed E-state index contributed by atoms with van der Waals surface area (Å²) in [4.78, 5) is 12.5. The fourth-order valence-electron chi connectivity index (χ4n) is 2.90. The highest BCUT2D eigenvalue weighted by atomic mass is 32.2. The maximum atomic E-state index is 12.5. The topological polar surface area (TPSA) is 99.4 Å². The molecule has 0 aliphatic carbocycles. The van der Waals surface area contributed by atoms with E-state index in [0.717, 1.165) is 22.1 Å². The average Bonchev–Trinajstić information content (AvgIpc) is 2.94. The van der Waals surface area contributed by atoms with Gasteiger partial charge in [0.25, 0.3) is 0 Å². The molecule has 0 saturated heterocycles. The summed E-state index contributed by atoms with van der Waals surface area (Å²) in [7, 11) is -1.94. The van der Waals surface area contributed by atoms with Crippen LogP contribution in [0.4, 0.5) is 0 Å². The monoisotopic (exact) mass is 388 g/mol. The molecule has 2 aromatic rings. The van der Waals surface area contributed by atoms with Crippen molar-refractivity contribution in [1.82, 2.24) is 5.32 Å². The van der Waals surface area contributed by atoms with Gasteiger partial charge in [-0.15, -0.1) is 0 Å². The second-order valence-electron chi connectivity index (χ2n) is 6.51. The van der Waals surface area contributed by atoms with E-state index in [1.165, 1.54) is 19.4 Å². The molecule has 1 atom stereocenters. The number of rotatable bonds is 4. The van der Waals surface area contributed by atoms with Crippen molar-refractivity contribution in [3.63, 3.8) is 0 Å². The number of nitrogens with zero attached hydrogens (tertiary/aromatic N) is 1. The average molecular weight is 388 g/mol. The number of amides is 1. The number of aromatic nitrogens is 1. The van der Waals surface area contributed by atoms with Crippen LogP contribution in [0.25, 0.3) is 11.1 Å². The van der Waals surface area contributed by atoms with Crippen molar-refractivity contribution in [2.75, 3.05) is 12.9 Å². The molecule has 1 aromatic heterocycles. The van der Waals surface area contributed by atoms with Crippen LogP contribution in [0.3, 0.4) is 0 Å². The Balaban J connectivity index is 1.93. The molecule has 1 N–H and O–H groups in total. The first-order valence-electron chi connectivity index (χ1n) is 8.31. The lowest BCUT2D eigenvalue weighted by atomic mass is 10.0. The highest BCUT2D eigenvalue weighted by Crippen LogP contribution is 2.26. The van der Waals surface area contributed by atoms with E-state index in [0.29, 0.717) is 10.3 Å². The molecule has 2 heterocycles. The molecule has 0 bridgehead atoms. The van der Waals surface area contributed by atoms with Gasteiger partial charge in [0.2, 0.25) is 0 Å². The number of pyridine rings is 1. The molecule has 7 nitrogen and oxygen atoms in total. The van der Waals surface area contributed by atoms with E-state index in [1.54, 1.807) is 6.07 Å². The molecule has 8 heteroatoms. The van der Waals surface area contributed by atoms with Gasteiger partial charge >= 0.3 is 11.6 Å². The predicted molar refractivity (Wildman–Crippen MR) is 101 cm³/mol. The first-order valence-corrected chi connectivity index (χ1v) is 10.0. The molecule has 0 fully saturated rings. The van der Waals surface area contributed by atoms with Crippen LogP contribution >= 0.6 is 0 Å². The number of sulfone groups is 1. The zero-order valence-electron chi connectivity index (χ0n) is 15.2. The van der Waals surface area contributed by atoms with Gasteiger partial charge in [-0.1, -0.05) is 18.2 Å². The van der Waals surface area contributed by atoms with Crippen LogP contribution in [-0.4, -0.2) is 33.2 Å². The lowest BCUT2D eigenvalue weighted by Crippen LogP contribution is -2.43. The third-order valence-corrected chi connectivity index (χ3v) is 5.91. The van der Waals surface area contributed by atoms with Crippen molar-refractivity contribution in [2.24, 2.45) is 0 Å². The number of nitrogens with one attached hydrogen (secondary N) is 1. The van der Waals surface area contributed by atoms with Gasteiger partial charge in [0.1, 0.15) is 0 Å². The van der Waals surface area contributed by atoms with Gasteiger partial charge in [0.05, 0.1) is 24.5 Å². The maximum absolute atomic E-state index is 12.5. The SMILES string of the molecule is COc1cc(-c2ccc(C)c(C)c2)c[n+]([O-])c1C(=O)NC1C=CS(=O)(=O)C1. The summed E-state index contributed by atoms with van der Waals surface area (Å²) in [5.41, 5.74) is 3.45. The van der Waals surface area contributed by atoms with E-state index in [1.807, 2.05) is 32.0 Å². The standard InChI is InChI=1S/C19H20N2O5S/c1-12-4-5-14(8-13(12)2)15-9-17(26-3)18(21(23)10-15)19(22)20-16-6-7-27(24,25)11-16/h4-10,16H,11H2,1-3H3,(H,20,22). The Kier molecular flexibility index (Phi) is 4.93. The number of benzene rings is 1. The van der Waals surface area contributed by atoms with Crippen molar-refractivity contribution in [3.8, 4) is 16.9 Å². The van der Waals surface area contributed by atoms with Gasteiger partial charge in [-0.05, 0) is 36.6 Å². The minimum absolute atomic E-state index is 0.114. The molecule has 27 heavy (non-hydrogen) atoms. The lowest BCUT2D eigenvalue weighted by molar-refractivity contribution is -0.607. The highest BCUT2D eigenvalue weighted by molar-refractivity contribution is 7.94. The number of aryl methyl sites for hydroxylation is 2. The first-order chi connectivity index (χ1) is 12.7. The van der Waals surface area contributed by atoms with Crippen molar-refractivity contribution >= 4 is 15.7 Å². The molecule has 1 aliphatic heterocycles. The van der Waals surface area contributed by atoms with Crippen LogP contribution in [0.5, 0.6) is 5.75 Å². The van der Waals surface area contributed by atoms with Crippen LogP contribution in [0.2, 0.25) is 0 Å². The second-order valence-corrected chi connectivity index (χ2v) is 8.44. The van der Waals surface area contributed by atoms with Gasteiger partial charge in [-0.25, -0.2) is 8.42 Å². The molecule has 0 radical (unpaired) electrons. The van der Waals surface area contributed by atoms with Crippen LogP contribution in [0.15, 0.2) is 41.9 Å². The minimum atomic E-state index is -3.31. The Bertz CT molecular complexity index is 1040. The molecule has 3 rings (SSSR count). The summed E-state index contributed by atoms with van der Waals surface area (Å²) in [6.07, 6.45) is 2.70. The zero-order chi connectivity index (χ0) is 19.8. The lowest BCUT2D eigenvalue weighted by Gasteiger charge is -2.14. The quantitative estimate of drug-likeness (QED) is 0.634. The number of methoxy groups -OCH3 is 1. The van der Waals surface area contributed by atoms with Crippen LogP contribution in [0, 0.1) is 19.1 Å². The Hall–Kier alpha value is -2.87. The Morgan fingerprint density at radius 3 is 2.56 bits per heavy atom. The van der Waals surface area contributed by atoms with Gasteiger partial charge in [-0.2, -0.15) is 4.73 Å². The number of carbonyl (C=O) groups excluding carboxylic acids is 1. The normalized spacial score (nSPS) is 17.7. The molecular formula is C19H20N2O5S. The van der Waals surface area contributed by atoms with E-state index < -0.39 is 21.8 Å². The summed E-state index contributed by atoms with van der Waals surface area (Å²) < 4.78 is 28.6. The summed E-state index contributed by atoms with van der Waals surface area (Å²) in [6, 6.07) is 6.75. The predicted octanol–water partition coefficient (Wildman–Crippen LogP) is 1.65. The van der Waals surface area contributed by atoms with Crippen molar-refractivity contribution in [3.05, 3.63) is 64.0 Å². The second kappa shape index (κ2) is 7.03. The van der Waals surface area contributed by atoms with E-state index in [2.05, 4.69) is 5.32 Å². The van der Waals surface area contributed by atoms with Crippen LogP contribution in [0.1, 0.15) is 21.6 Å². The molecule has 1 amide bonds. The number of hydrogen-bond acceptors (Lipinski definition) is 5. The molecule has 1 unspecified atom stereocenters. The molecule has 0 saturated carbocycles. The van der Waals surface area contributed by atoms with Crippen molar-refractivity contribution in [2.45, 2.75) is 19.9 Å². The minimum Gasteiger partial charge on any atom is -0.618 e. The number of hydrogen-bond donors (Lipinski definition) is 1. The molecule has 0 spiro atoms. The highest BCUT2D eigenvalue weighted by Gasteiger charge is 2.29. The summed E-state index contributed by atoms with van der Waals surface area (Å²) in [6.45, 7) is 3.98. The first kappa shape index (κ1) is 18.9. The fourth-order valence-corrected chi connectivity index (χ4v) is 4.13. The summed E-state index contributed by atoms with van der Waals surface area (Å²) in [5.74, 6) is -0.802. The largest absolute Gasteiger partial charge is 0.618 e. The van der Waals surface area contributed by atoms with E-state index in [-0.39, 0.29) is 17.2 Å².